The van der Waals surface area contributed by atoms with Crippen LogP contribution in [-0.4, -0.2) is 8.42 Å². The van der Waals surface area contributed by atoms with Crippen LogP contribution in [0.15, 0.2) is 38.2 Å². The molecule has 0 aliphatic heterocycles. The lowest BCUT2D eigenvalue weighted by atomic mass is 10.3. The Bertz CT molecular complexity index is 748. The van der Waals surface area contributed by atoms with E-state index in [0.717, 1.165) is 0 Å². The van der Waals surface area contributed by atoms with Gasteiger partial charge in [-0.15, -0.1) is 0 Å². The molecule has 0 aliphatic rings. The van der Waals surface area contributed by atoms with Gasteiger partial charge in [-0.25, -0.2) is 12.8 Å². The zero-order valence-corrected chi connectivity index (χ0v) is 14.4. The topological polar surface area (TPSA) is 85.3 Å². The minimum atomic E-state index is -3.84. The molecule has 0 bridgehead atoms. The number of hydrogen-bond acceptors (Lipinski definition) is 4. The monoisotopic (exact) mass is 474 g/mol. The Morgan fingerprint density at radius 1 is 1.40 bits per heavy atom. The summed E-state index contributed by atoms with van der Waals surface area (Å²) in [6.07, 6.45) is 0. The fourth-order valence-electron chi connectivity index (χ4n) is 1.45. The summed E-state index contributed by atoms with van der Waals surface area (Å²) in [6.45, 7) is 0.0855. The van der Waals surface area contributed by atoms with E-state index < -0.39 is 15.8 Å². The van der Waals surface area contributed by atoms with E-state index in [0.29, 0.717) is 9.33 Å². The second kappa shape index (κ2) is 6.00. The summed E-state index contributed by atoms with van der Waals surface area (Å²) in [5.74, 6) is -0.0988. The summed E-state index contributed by atoms with van der Waals surface area (Å²) >= 11 is 4.88. The summed E-state index contributed by atoms with van der Waals surface area (Å²) in [4.78, 5) is -0.0573. The molecule has 1 aromatic heterocycles. The highest BCUT2D eigenvalue weighted by Crippen LogP contribution is 2.29. The molecular formula is C11H9BrFIN2O3S. The number of furan rings is 1. The van der Waals surface area contributed by atoms with Crippen molar-refractivity contribution in [2.24, 2.45) is 5.73 Å². The normalized spacial score (nSPS) is 11.6. The average Bonchev–Trinajstić information content (AvgIpc) is 2.75. The molecule has 2 aromatic rings. The minimum Gasteiger partial charge on any atom is -0.452 e. The zero-order valence-electron chi connectivity index (χ0n) is 9.86. The van der Waals surface area contributed by atoms with E-state index >= 15 is 0 Å². The predicted octanol–water partition coefficient (Wildman–Crippen LogP) is 3.05. The average molecular weight is 475 g/mol. The van der Waals surface area contributed by atoms with Crippen molar-refractivity contribution >= 4 is 54.2 Å². The molecule has 3 N–H and O–H groups in total. The van der Waals surface area contributed by atoms with Crippen LogP contribution in [0.25, 0.3) is 0 Å². The van der Waals surface area contributed by atoms with Gasteiger partial charge in [0.1, 0.15) is 16.5 Å². The van der Waals surface area contributed by atoms with Crippen LogP contribution in [-0.2, 0) is 16.6 Å². The number of nitrogens with two attached hydrogens (primary N) is 1. The molecule has 0 atom stereocenters. The second-order valence-corrected chi connectivity index (χ2v) is 7.32. The molecule has 0 saturated carbocycles. The van der Waals surface area contributed by atoms with Crippen molar-refractivity contribution in [3.05, 3.63) is 44.1 Å². The summed E-state index contributed by atoms with van der Waals surface area (Å²) in [6, 6.07) is 5.10. The summed E-state index contributed by atoms with van der Waals surface area (Å²) in [5, 5.41) is 0. The number of anilines is 1. The highest BCUT2D eigenvalue weighted by atomic mass is 127. The molecule has 0 amide bonds. The number of halogens is 3. The number of sulfonamides is 1. The van der Waals surface area contributed by atoms with E-state index in [1.807, 2.05) is 22.6 Å². The Labute approximate surface area is 137 Å². The Morgan fingerprint density at radius 3 is 2.65 bits per heavy atom. The standard InChI is InChI=1S/C11H9BrFIN2O3S/c12-11-10(4-7(5-15)19-11)20(17,18)16-9-2-1-6(13)3-8(9)14/h1-4,16H,5,15H2. The van der Waals surface area contributed by atoms with Crippen molar-refractivity contribution in [2.75, 3.05) is 4.72 Å². The summed E-state index contributed by atoms with van der Waals surface area (Å²) in [5.41, 5.74) is 5.68. The van der Waals surface area contributed by atoms with Crippen molar-refractivity contribution in [3.8, 4) is 0 Å². The first-order valence-electron chi connectivity index (χ1n) is 5.29. The van der Waals surface area contributed by atoms with Gasteiger partial charge in [-0.2, -0.15) is 0 Å². The smallest absolute Gasteiger partial charge is 0.266 e. The van der Waals surface area contributed by atoms with Crippen molar-refractivity contribution in [1.29, 1.82) is 0 Å². The van der Waals surface area contributed by atoms with Gasteiger partial charge in [-0.05, 0) is 56.7 Å². The SMILES string of the molecule is NCc1cc(S(=O)(=O)Nc2ccc(F)cc2I)c(Br)o1. The van der Waals surface area contributed by atoms with Gasteiger partial charge in [0.05, 0.1) is 12.2 Å². The van der Waals surface area contributed by atoms with Crippen LogP contribution in [0.5, 0.6) is 0 Å². The quantitative estimate of drug-likeness (QED) is 0.667. The molecule has 108 valence electrons. The molecule has 20 heavy (non-hydrogen) atoms. The van der Waals surface area contributed by atoms with Crippen molar-refractivity contribution in [2.45, 2.75) is 11.4 Å². The molecule has 0 aliphatic carbocycles. The van der Waals surface area contributed by atoms with Crippen molar-refractivity contribution in [1.82, 2.24) is 0 Å². The van der Waals surface area contributed by atoms with Gasteiger partial charge in [-0.1, -0.05) is 0 Å². The third kappa shape index (κ3) is 3.32. The molecule has 1 heterocycles. The molecule has 2 rings (SSSR count). The number of nitrogens with one attached hydrogen (secondary N) is 1. The first-order valence-corrected chi connectivity index (χ1v) is 8.65. The molecule has 0 spiro atoms. The maximum atomic E-state index is 13.0. The van der Waals surface area contributed by atoms with Crippen LogP contribution in [0.1, 0.15) is 5.76 Å². The second-order valence-electron chi connectivity index (χ2n) is 3.78. The first kappa shape index (κ1) is 15.7. The van der Waals surface area contributed by atoms with Gasteiger partial charge < -0.3 is 10.2 Å². The zero-order chi connectivity index (χ0) is 14.9. The Hall–Kier alpha value is -0.650. The van der Waals surface area contributed by atoms with E-state index in [1.165, 1.54) is 24.3 Å². The fraction of sp³-hybridized carbons (Fsp3) is 0.0909. The Kier molecular flexibility index (Phi) is 4.72. The van der Waals surface area contributed by atoms with Crippen LogP contribution < -0.4 is 10.5 Å². The maximum Gasteiger partial charge on any atom is 0.266 e. The number of rotatable bonds is 4. The lowest BCUT2D eigenvalue weighted by molar-refractivity contribution is 0.484. The molecule has 9 heteroatoms. The molecule has 1 aromatic carbocycles. The molecular weight excluding hydrogens is 466 g/mol. The third-order valence-corrected chi connectivity index (χ3v) is 5.49. The van der Waals surface area contributed by atoms with E-state index in [-0.39, 0.29) is 21.8 Å². The lowest BCUT2D eigenvalue weighted by Crippen LogP contribution is -2.13. The van der Waals surface area contributed by atoms with E-state index in [2.05, 4.69) is 20.7 Å². The predicted molar refractivity (Wildman–Crippen MR) is 84.2 cm³/mol. The largest absolute Gasteiger partial charge is 0.452 e. The first-order chi connectivity index (χ1) is 9.33. The van der Waals surface area contributed by atoms with Crippen molar-refractivity contribution in [3.63, 3.8) is 0 Å². The van der Waals surface area contributed by atoms with Gasteiger partial charge in [-0.3, -0.25) is 4.72 Å². The molecule has 0 fully saturated rings. The Morgan fingerprint density at radius 2 is 2.10 bits per heavy atom. The molecule has 0 unspecified atom stereocenters. The molecule has 0 radical (unpaired) electrons. The summed E-state index contributed by atoms with van der Waals surface area (Å²) < 4.78 is 45.5. The van der Waals surface area contributed by atoms with Crippen LogP contribution in [0.2, 0.25) is 0 Å². The maximum absolute atomic E-state index is 13.0. The minimum absolute atomic E-state index is 0.0573. The van der Waals surface area contributed by atoms with Gasteiger partial charge in [0.25, 0.3) is 10.0 Å². The van der Waals surface area contributed by atoms with Crippen molar-refractivity contribution < 1.29 is 17.2 Å². The van der Waals surface area contributed by atoms with Crippen LogP contribution >= 0.6 is 38.5 Å². The van der Waals surface area contributed by atoms with Gasteiger partial charge in [0, 0.05) is 9.64 Å². The van der Waals surface area contributed by atoms with Gasteiger partial charge in [0.2, 0.25) is 0 Å². The van der Waals surface area contributed by atoms with E-state index in [9.17, 15) is 12.8 Å². The lowest BCUT2D eigenvalue weighted by Gasteiger charge is -2.08. The highest BCUT2D eigenvalue weighted by molar-refractivity contribution is 14.1. The van der Waals surface area contributed by atoms with Gasteiger partial charge in [0.15, 0.2) is 4.67 Å². The van der Waals surface area contributed by atoms with Crippen LogP contribution in [0, 0.1) is 9.39 Å². The van der Waals surface area contributed by atoms with E-state index in [4.69, 9.17) is 10.2 Å². The van der Waals surface area contributed by atoms with Gasteiger partial charge >= 0.3 is 0 Å². The number of hydrogen-bond donors (Lipinski definition) is 2. The number of benzene rings is 1. The molecule has 5 nitrogen and oxygen atoms in total. The third-order valence-electron chi connectivity index (χ3n) is 2.37. The highest BCUT2D eigenvalue weighted by Gasteiger charge is 2.23. The van der Waals surface area contributed by atoms with Crippen LogP contribution in [0.4, 0.5) is 10.1 Å². The molecule has 0 saturated heterocycles. The van der Waals surface area contributed by atoms with Crippen LogP contribution in [0.3, 0.4) is 0 Å². The summed E-state index contributed by atoms with van der Waals surface area (Å²) in [7, 11) is -3.84. The Balaban J connectivity index is 2.38. The van der Waals surface area contributed by atoms with E-state index in [1.54, 1.807) is 0 Å². The fourth-order valence-corrected chi connectivity index (χ4v) is 4.33.